The molecule has 0 bridgehead atoms. The normalized spacial score (nSPS) is 12.3. The van der Waals surface area contributed by atoms with E-state index in [0.717, 1.165) is 29.7 Å². The molecule has 0 spiro atoms. The highest BCUT2D eigenvalue weighted by Crippen LogP contribution is 2.38. The lowest BCUT2D eigenvalue weighted by atomic mass is 9.95. The molecule has 2 aromatic heterocycles. The van der Waals surface area contributed by atoms with Gasteiger partial charge in [-0.3, -0.25) is 24.7 Å². The maximum absolute atomic E-state index is 13.0. The number of imide groups is 1. The van der Waals surface area contributed by atoms with Crippen LogP contribution < -0.4 is 15.4 Å². The first-order valence-electron chi connectivity index (χ1n) is 11.0. The fourth-order valence-corrected chi connectivity index (χ4v) is 5.00. The summed E-state index contributed by atoms with van der Waals surface area (Å²) in [5.41, 5.74) is 1.71. The number of thiophene rings is 1. The summed E-state index contributed by atoms with van der Waals surface area (Å²) in [6, 6.07) is 9.50. The maximum Gasteiger partial charge on any atom is 0.341 e. The molecule has 2 N–H and O–H groups in total. The highest BCUT2D eigenvalue weighted by Gasteiger charge is 2.28. The van der Waals surface area contributed by atoms with Gasteiger partial charge in [0.25, 0.3) is 17.7 Å². The molecule has 0 fully saturated rings. The van der Waals surface area contributed by atoms with Crippen LogP contribution in [0.5, 0.6) is 5.75 Å². The zero-order chi connectivity index (χ0) is 24.8. The number of amides is 3. The highest BCUT2D eigenvalue weighted by atomic mass is 32.1. The predicted molar refractivity (Wildman–Crippen MR) is 129 cm³/mol. The molecule has 1 aliphatic rings. The molecule has 10 heteroatoms. The lowest BCUT2D eigenvalue weighted by Gasteiger charge is -2.13. The summed E-state index contributed by atoms with van der Waals surface area (Å²) >= 11 is 1.34. The lowest BCUT2D eigenvalue weighted by molar-refractivity contribution is -0.123. The number of nitrogens with zero attached hydrogens (tertiary/aromatic N) is 1. The Labute approximate surface area is 205 Å². The number of rotatable bonds is 7. The highest BCUT2D eigenvalue weighted by molar-refractivity contribution is 7.17. The van der Waals surface area contributed by atoms with Gasteiger partial charge in [-0.2, -0.15) is 0 Å². The number of carbonyl (C=O) groups excluding carboxylic acids is 4. The summed E-state index contributed by atoms with van der Waals surface area (Å²) < 4.78 is 10.3. The van der Waals surface area contributed by atoms with Gasteiger partial charge in [-0.1, -0.05) is 0 Å². The zero-order valence-corrected chi connectivity index (χ0v) is 19.8. The lowest BCUT2D eigenvalue weighted by Crippen LogP contribution is -2.34. The number of nitrogens with one attached hydrogen (secondary N) is 2. The van der Waals surface area contributed by atoms with Gasteiger partial charge in [0.2, 0.25) is 0 Å². The first-order chi connectivity index (χ1) is 17.0. The van der Waals surface area contributed by atoms with Gasteiger partial charge in [0.15, 0.2) is 6.61 Å². The Morgan fingerprint density at radius 2 is 1.77 bits per heavy atom. The molecular weight excluding hydrogens is 470 g/mol. The van der Waals surface area contributed by atoms with Crippen molar-refractivity contribution in [1.29, 1.82) is 0 Å². The number of hydrogen-bond acceptors (Lipinski definition) is 8. The minimum absolute atomic E-state index is 0.260. The second-order valence-electron chi connectivity index (χ2n) is 7.79. The van der Waals surface area contributed by atoms with Crippen molar-refractivity contribution in [3.63, 3.8) is 0 Å². The molecule has 1 aromatic carbocycles. The minimum Gasteiger partial charge on any atom is -0.497 e. The second-order valence-corrected chi connectivity index (χ2v) is 8.90. The summed E-state index contributed by atoms with van der Waals surface area (Å²) in [7, 11) is 1.51. The number of benzene rings is 1. The van der Waals surface area contributed by atoms with E-state index in [2.05, 4.69) is 15.6 Å². The van der Waals surface area contributed by atoms with E-state index in [0.29, 0.717) is 22.7 Å². The Morgan fingerprint density at radius 3 is 2.49 bits per heavy atom. The molecule has 0 saturated heterocycles. The average Bonchev–Trinajstić information content (AvgIpc) is 3.25. The van der Waals surface area contributed by atoms with Gasteiger partial charge >= 0.3 is 5.97 Å². The SMILES string of the molecule is COc1ccc(C(=O)NC(=O)COC(=O)c2c(NC(=O)c3cccnc3)sc3c2CCCC3)cc1. The standard InChI is InChI=1S/C25H23N3O6S/c1-33-17-10-8-15(9-11-17)22(30)27-20(29)14-34-25(32)21-18-6-2-3-7-19(18)35-24(21)28-23(31)16-5-4-12-26-13-16/h4-5,8-13H,2-3,6-7,14H2,1H3,(H,28,31)(H,27,29,30). The number of methoxy groups -OCH3 is 1. The van der Waals surface area contributed by atoms with Gasteiger partial charge in [0, 0.05) is 22.8 Å². The Bertz CT molecular complexity index is 1250. The minimum atomic E-state index is -0.760. The van der Waals surface area contributed by atoms with Crippen LogP contribution in [0.2, 0.25) is 0 Å². The monoisotopic (exact) mass is 493 g/mol. The quantitative estimate of drug-likeness (QED) is 0.484. The summed E-state index contributed by atoms with van der Waals surface area (Å²) in [6.07, 6.45) is 6.39. The van der Waals surface area contributed by atoms with Crippen molar-refractivity contribution in [1.82, 2.24) is 10.3 Å². The van der Waals surface area contributed by atoms with Crippen LogP contribution >= 0.6 is 11.3 Å². The van der Waals surface area contributed by atoms with Crippen LogP contribution in [-0.4, -0.2) is 42.4 Å². The number of aromatic nitrogens is 1. The van der Waals surface area contributed by atoms with E-state index in [-0.39, 0.29) is 11.1 Å². The van der Waals surface area contributed by atoms with E-state index < -0.39 is 30.3 Å². The molecule has 1 aliphatic carbocycles. The van der Waals surface area contributed by atoms with E-state index in [1.54, 1.807) is 30.5 Å². The Balaban J connectivity index is 1.43. The Kier molecular flexibility index (Phi) is 7.51. The van der Waals surface area contributed by atoms with E-state index in [4.69, 9.17) is 9.47 Å². The molecule has 0 saturated carbocycles. The number of pyridine rings is 1. The average molecular weight is 494 g/mol. The van der Waals surface area contributed by atoms with Crippen molar-refractivity contribution in [2.45, 2.75) is 25.7 Å². The summed E-state index contributed by atoms with van der Waals surface area (Å²) in [4.78, 5) is 55.1. The molecule has 2 heterocycles. The van der Waals surface area contributed by atoms with Crippen molar-refractivity contribution in [3.05, 3.63) is 75.9 Å². The predicted octanol–water partition coefficient (Wildman–Crippen LogP) is 3.40. The molecule has 9 nitrogen and oxygen atoms in total. The van der Waals surface area contributed by atoms with Gasteiger partial charge in [0.05, 0.1) is 18.2 Å². The number of ether oxygens (including phenoxy) is 2. The second kappa shape index (κ2) is 10.9. The molecule has 0 atom stereocenters. The smallest absolute Gasteiger partial charge is 0.341 e. The molecule has 4 rings (SSSR count). The van der Waals surface area contributed by atoms with Gasteiger partial charge in [0.1, 0.15) is 10.8 Å². The summed E-state index contributed by atoms with van der Waals surface area (Å²) in [5, 5.41) is 5.36. The third-order valence-electron chi connectivity index (χ3n) is 5.47. The fourth-order valence-electron chi connectivity index (χ4n) is 3.72. The first-order valence-corrected chi connectivity index (χ1v) is 11.8. The van der Waals surface area contributed by atoms with Crippen LogP contribution in [0.15, 0.2) is 48.8 Å². The van der Waals surface area contributed by atoms with Gasteiger partial charge in [-0.25, -0.2) is 4.79 Å². The van der Waals surface area contributed by atoms with Crippen molar-refractivity contribution in [2.75, 3.05) is 19.0 Å². The number of carbonyl (C=O) groups is 4. The molecule has 3 amide bonds. The third kappa shape index (κ3) is 5.72. The summed E-state index contributed by atoms with van der Waals surface area (Å²) in [6.45, 7) is -0.638. The number of esters is 1. The number of hydrogen-bond donors (Lipinski definition) is 2. The fraction of sp³-hybridized carbons (Fsp3) is 0.240. The maximum atomic E-state index is 13.0. The Morgan fingerprint density at radius 1 is 1.00 bits per heavy atom. The molecule has 35 heavy (non-hydrogen) atoms. The third-order valence-corrected chi connectivity index (χ3v) is 6.67. The number of anilines is 1. The zero-order valence-electron chi connectivity index (χ0n) is 19.0. The molecule has 180 valence electrons. The van der Waals surface area contributed by atoms with E-state index in [1.807, 2.05) is 0 Å². The molecule has 3 aromatic rings. The van der Waals surface area contributed by atoms with E-state index in [1.165, 1.54) is 36.8 Å². The molecule has 0 aliphatic heterocycles. The van der Waals surface area contributed by atoms with Crippen LogP contribution in [0.1, 0.15) is 54.4 Å². The number of fused-ring (bicyclic) bond motifs is 1. The molecular formula is C25H23N3O6S. The molecule has 0 unspecified atom stereocenters. The number of aryl methyl sites for hydroxylation is 1. The largest absolute Gasteiger partial charge is 0.497 e. The van der Waals surface area contributed by atoms with Crippen LogP contribution in [-0.2, 0) is 22.4 Å². The van der Waals surface area contributed by atoms with Gasteiger partial charge in [-0.15, -0.1) is 11.3 Å². The first kappa shape index (κ1) is 24.1. The van der Waals surface area contributed by atoms with Crippen LogP contribution in [0.4, 0.5) is 5.00 Å². The van der Waals surface area contributed by atoms with E-state index in [9.17, 15) is 19.2 Å². The topological polar surface area (TPSA) is 124 Å². The summed E-state index contributed by atoms with van der Waals surface area (Å²) in [5.74, 6) is -1.92. The van der Waals surface area contributed by atoms with Crippen LogP contribution in [0.25, 0.3) is 0 Å². The van der Waals surface area contributed by atoms with Crippen molar-refractivity contribution >= 4 is 40.0 Å². The van der Waals surface area contributed by atoms with Crippen molar-refractivity contribution < 1.29 is 28.7 Å². The van der Waals surface area contributed by atoms with Gasteiger partial charge < -0.3 is 14.8 Å². The Hall–Kier alpha value is -4.05. The van der Waals surface area contributed by atoms with Gasteiger partial charge in [-0.05, 0) is 67.6 Å². The van der Waals surface area contributed by atoms with Crippen LogP contribution in [0.3, 0.4) is 0 Å². The van der Waals surface area contributed by atoms with Crippen LogP contribution in [0, 0.1) is 0 Å². The van der Waals surface area contributed by atoms with Crippen molar-refractivity contribution in [2.24, 2.45) is 0 Å². The van der Waals surface area contributed by atoms with Crippen molar-refractivity contribution in [3.8, 4) is 5.75 Å². The van der Waals surface area contributed by atoms with E-state index >= 15 is 0 Å². The molecule has 0 radical (unpaired) electrons.